The molecular weight excluding hydrogens is 356 g/mol. The van der Waals surface area contributed by atoms with Crippen molar-refractivity contribution < 1.29 is 4.79 Å². The molecule has 1 aliphatic heterocycles. The van der Waals surface area contributed by atoms with Crippen molar-refractivity contribution in [2.24, 2.45) is 7.05 Å². The van der Waals surface area contributed by atoms with Crippen LogP contribution >= 0.6 is 0 Å². The highest BCUT2D eigenvalue weighted by Gasteiger charge is 2.34. The lowest BCUT2D eigenvalue weighted by Crippen LogP contribution is -2.39. The second-order valence-corrected chi connectivity index (χ2v) is 7.68. The number of benzene rings is 1. The highest BCUT2D eigenvalue weighted by atomic mass is 16.2. The van der Waals surface area contributed by atoms with Gasteiger partial charge in [-0.1, -0.05) is 12.1 Å². The molecule has 0 N–H and O–H groups in total. The van der Waals surface area contributed by atoms with Gasteiger partial charge >= 0.3 is 5.69 Å². The molecule has 0 spiro atoms. The van der Waals surface area contributed by atoms with Gasteiger partial charge in [0, 0.05) is 32.1 Å². The normalized spacial score (nSPS) is 18.0. The van der Waals surface area contributed by atoms with Crippen LogP contribution in [0.25, 0.3) is 11.0 Å². The molecule has 2 aliphatic rings. The van der Waals surface area contributed by atoms with Crippen LogP contribution in [0.1, 0.15) is 54.0 Å². The average molecular weight is 378 g/mol. The van der Waals surface area contributed by atoms with Gasteiger partial charge < -0.3 is 4.90 Å². The number of aromatic nitrogens is 5. The molecule has 3 aromatic rings. The minimum absolute atomic E-state index is 0.0255. The van der Waals surface area contributed by atoms with E-state index < -0.39 is 0 Å². The van der Waals surface area contributed by atoms with E-state index in [1.165, 1.54) is 4.68 Å². The highest BCUT2D eigenvalue weighted by molar-refractivity contribution is 5.93. The van der Waals surface area contributed by atoms with Gasteiger partial charge in [0.25, 0.3) is 5.91 Å². The summed E-state index contributed by atoms with van der Waals surface area (Å²) < 4.78 is 3.31. The minimum Gasteiger partial charge on any atom is -0.337 e. The van der Waals surface area contributed by atoms with Crippen LogP contribution in [0, 0.1) is 0 Å². The van der Waals surface area contributed by atoms with Crippen molar-refractivity contribution in [3.63, 3.8) is 0 Å². The summed E-state index contributed by atoms with van der Waals surface area (Å²) in [7, 11) is 1.71. The first-order valence-corrected chi connectivity index (χ1v) is 9.78. The van der Waals surface area contributed by atoms with Crippen molar-refractivity contribution in [2.45, 2.75) is 37.6 Å². The molecule has 3 heterocycles. The van der Waals surface area contributed by atoms with Gasteiger partial charge in [0.05, 0.1) is 17.2 Å². The topological polar surface area (TPSA) is 85.9 Å². The quantitative estimate of drug-likeness (QED) is 0.695. The van der Waals surface area contributed by atoms with E-state index in [4.69, 9.17) is 0 Å². The van der Waals surface area contributed by atoms with E-state index >= 15 is 0 Å². The predicted octanol–water partition coefficient (Wildman–Crippen LogP) is 1.88. The van der Waals surface area contributed by atoms with Crippen LogP contribution in [0.5, 0.6) is 0 Å². The Bertz CT molecular complexity index is 1110. The van der Waals surface area contributed by atoms with E-state index in [1.807, 2.05) is 33.7 Å². The first kappa shape index (κ1) is 17.1. The Hall–Kier alpha value is -3.03. The zero-order valence-corrected chi connectivity index (χ0v) is 15.8. The largest absolute Gasteiger partial charge is 0.345 e. The summed E-state index contributed by atoms with van der Waals surface area (Å²) in [4.78, 5) is 35.9. The third-order valence-electron chi connectivity index (χ3n) is 5.71. The number of hydrogen-bond acceptors (Lipinski definition) is 5. The molecule has 144 valence electrons. The van der Waals surface area contributed by atoms with Crippen LogP contribution in [0.4, 0.5) is 0 Å². The second-order valence-electron chi connectivity index (χ2n) is 7.68. The predicted molar refractivity (Wildman–Crippen MR) is 103 cm³/mol. The Balaban J connectivity index is 1.32. The summed E-state index contributed by atoms with van der Waals surface area (Å²) in [6, 6.07) is 7.85. The molecule has 1 amide bonds. The van der Waals surface area contributed by atoms with Crippen LogP contribution in [0.15, 0.2) is 35.3 Å². The fourth-order valence-corrected chi connectivity index (χ4v) is 4.02. The number of piperidine rings is 1. The maximum absolute atomic E-state index is 12.9. The summed E-state index contributed by atoms with van der Waals surface area (Å²) in [5.74, 6) is 1.01. The van der Waals surface area contributed by atoms with Crippen LogP contribution in [0.3, 0.4) is 0 Å². The molecule has 0 bridgehead atoms. The third kappa shape index (κ3) is 2.89. The Labute approximate surface area is 161 Å². The molecule has 1 saturated heterocycles. The van der Waals surface area contributed by atoms with E-state index in [-0.39, 0.29) is 17.5 Å². The lowest BCUT2D eigenvalue weighted by molar-refractivity contribution is 0.0704. The number of amides is 1. The second kappa shape index (κ2) is 6.54. The van der Waals surface area contributed by atoms with E-state index in [1.54, 1.807) is 13.2 Å². The smallest absolute Gasteiger partial charge is 0.337 e. The van der Waals surface area contributed by atoms with Gasteiger partial charge in [-0.25, -0.2) is 14.5 Å². The maximum atomic E-state index is 12.9. The monoisotopic (exact) mass is 378 g/mol. The highest BCUT2D eigenvalue weighted by Crippen LogP contribution is 2.37. The van der Waals surface area contributed by atoms with E-state index in [9.17, 15) is 9.59 Å². The van der Waals surface area contributed by atoms with Crippen LogP contribution in [0.2, 0.25) is 0 Å². The number of nitrogens with zero attached hydrogens (tertiary/aromatic N) is 6. The van der Waals surface area contributed by atoms with Gasteiger partial charge in [0.1, 0.15) is 11.5 Å². The molecule has 8 nitrogen and oxygen atoms in total. The van der Waals surface area contributed by atoms with Gasteiger partial charge in [0.15, 0.2) is 0 Å². The molecule has 2 aromatic heterocycles. The SMILES string of the molecule is Cn1nc(C2CCN(C(=O)c3cnc4ccccc4n3)CC2)n(C2CC2)c1=O. The molecule has 2 fully saturated rings. The lowest BCUT2D eigenvalue weighted by Gasteiger charge is -2.31. The van der Waals surface area contributed by atoms with Gasteiger partial charge in [-0.3, -0.25) is 14.3 Å². The molecule has 0 atom stereocenters. The van der Waals surface area contributed by atoms with Crippen LogP contribution in [-0.2, 0) is 7.05 Å². The number of para-hydroxylation sites is 2. The Morgan fingerprint density at radius 1 is 1.07 bits per heavy atom. The number of fused-ring (bicyclic) bond motifs is 1. The molecular formula is C20H22N6O2. The van der Waals surface area contributed by atoms with Crippen LogP contribution < -0.4 is 5.69 Å². The van der Waals surface area contributed by atoms with Gasteiger partial charge in [-0.2, -0.15) is 5.10 Å². The Morgan fingerprint density at radius 3 is 2.50 bits per heavy atom. The maximum Gasteiger partial charge on any atom is 0.345 e. The fourth-order valence-electron chi connectivity index (χ4n) is 4.02. The third-order valence-corrected chi connectivity index (χ3v) is 5.71. The molecule has 28 heavy (non-hydrogen) atoms. The van der Waals surface area contributed by atoms with Crippen molar-refractivity contribution in [2.75, 3.05) is 13.1 Å². The first-order chi connectivity index (χ1) is 13.6. The van der Waals surface area contributed by atoms with Crippen molar-refractivity contribution in [3.8, 4) is 0 Å². The van der Waals surface area contributed by atoms with Crippen molar-refractivity contribution in [1.29, 1.82) is 0 Å². The number of carbonyl (C=O) groups excluding carboxylic acids is 1. The van der Waals surface area contributed by atoms with Gasteiger partial charge in [0.2, 0.25) is 0 Å². The van der Waals surface area contributed by atoms with Crippen molar-refractivity contribution in [1.82, 2.24) is 29.2 Å². The molecule has 0 unspecified atom stereocenters. The summed E-state index contributed by atoms with van der Waals surface area (Å²) in [6.07, 6.45) is 5.26. The number of likely N-dealkylation sites (tertiary alicyclic amines) is 1. The number of carbonyl (C=O) groups is 1. The van der Waals surface area contributed by atoms with Crippen molar-refractivity contribution >= 4 is 16.9 Å². The number of hydrogen-bond donors (Lipinski definition) is 0. The van der Waals surface area contributed by atoms with Gasteiger partial charge in [-0.05, 0) is 37.8 Å². The molecule has 1 aromatic carbocycles. The molecule has 0 radical (unpaired) electrons. The average Bonchev–Trinajstić information content (AvgIpc) is 3.53. The zero-order valence-electron chi connectivity index (χ0n) is 15.8. The molecule has 1 aliphatic carbocycles. The van der Waals surface area contributed by atoms with E-state index in [2.05, 4.69) is 15.1 Å². The molecule has 1 saturated carbocycles. The Kier molecular flexibility index (Phi) is 3.99. The van der Waals surface area contributed by atoms with Crippen LogP contribution in [-0.4, -0.2) is 48.2 Å². The van der Waals surface area contributed by atoms with E-state index in [0.29, 0.717) is 24.8 Å². The summed E-state index contributed by atoms with van der Waals surface area (Å²) in [6.45, 7) is 1.26. The molecule has 8 heteroatoms. The molecule has 5 rings (SSSR count). The summed E-state index contributed by atoms with van der Waals surface area (Å²) in [5.41, 5.74) is 1.86. The number of rotatable bonds is 3. The first-order valence-electron chi connectivity index (χ1n) is 9.78. The zero-order chi connectivity index (χ0) is 19.3. The Morgan fingerprint density at radius 2 is 1.79 bits per heavy atom. The standard InChI is InChI=1S/C20H22N6O2/c1-24-20(28)26(14-6-7-14)18(23-24)13-8-10-25(11-9-13)19(27)17-12-21-15-4-2-3-5-16(15)22-17/h2-5,12-14H,6-11H2,1H3. The lowest BCUT2D eigenvalue weighted by atomic mass is 9.95. The van der Waals surface area contributed by atoms with Crippen molar-refractivity contribution in [3.05, 3.63) is 52.5 Å². The fraction of sp³-hybridized carbons (Fsp3) is 0.450. The number of aryl methyl sites for hydroxylation is 1. The minimum atomic E-state index is -0.0858. The van der Waals surface area contributed by atoms with Gasteiger partial charge in [-0.15, -0.1) is 0 Å². The van der Waals surface area contributed by atoms with E-state index in [0.717, 1.165) is 42.5 Å². The summed E-state index contributed by atoms with van der Waals surface area (Å²) >= 11 is 0. The summed E-state index contributed by atoms with van der Waals surface area (Å²) in [5, 5.41) is 4.50.